The van der Waals surface area contributed by atoms with Crippen molar-refractivity contribution in [3.05, 3.63) is 11.8 Å². The zero-order chi connectivity index (χ0) is 6.69. The highest BCUT2D eigenvalue weighted by Crippen LogP contribution is 2.13. The van der Waals surface area contributed by atoms with Crippen LogP contribution in [0.25, 0.3) is 0 Å². The van der Waals surface area contributed by atoms with Gasteiger partial charge in [-0.2, -0.15) is 0 Å². The van der Waals surface area contributed by atoms with Crippen LogP contribution in [0.3, 0.4) is 0 Å². The average Bonchev–Trinajstić information content (AvgIpc) is 1.89. The zero-order valence-corrected chi connectivity index (χ0v) is 5.61. The maximum atomic E-state index is 7.35. The molecule has 0 unspecified atom stereocenters. The van der Waals surface area contributed by atoms with Crippen molar-refractivity contribution >= 4 is 5.71 Å². The first-order valence-electron chi connectivity index (χ1n) is 3.16. The number of ether oxygens (including phenoxy) is 1. The molecule has 2 heteroatoms. The molecule has 0 aromatic carbocycles. The van der Waals surface area contributed by atoms with Gasteiger partial charge in [0.1, 0.15) is 5.76 Å². The van der Waals surface area contributed by atoms with Gasteiger partial charge in [-0.3, -0.25) is 0 Å². The Balaban J connectivity index is 2.64. The van der Waals surface area contributed by atoms with Crippen LogP contribution in [0.4, 0.5) is 0 Å². The van der Waals surface area contributed by atoms with Gasteiger partial charge < -0.3 is 10.1 Å². The largest absolute Gasteiger partial charge is 0.495 e. The second kappa shape index (κ2) is 2.67. The average molecular weight is 125 g/mol. The second-order valence-corrected chi connectivity index (χ2v) is 2.14. The first-order chi connectivity index (χ1) is 4.34. The molecular weight excluding hydrogens is 114 g/mol. The number of hydrogen-bond donors (Lipinski definition) is 1. The standard InChI is InChI=1S/C7H11NO/c1-9-7-5-3-2-4-6(7)8/h5,8H,2-4H2,1H3. The molecular formula is C7H11NO. The van der Waals surface area contributed by atoms with Crippen LogP contribution in [0.1, 0.15) is 19.3 Å². The highest BCUT2D eigenvalue weighted by atomic mass is 16.5. The topological polar surface area (TPSA) is 33.1 Å². The van der Waals surface area contributed by atoms with Crippen LogP contribution in [0.2, 0.25) is 0 Å². The van der Waals surface area contributed by atoms with Crippen molar-refractivity contribution in [2.75, 3.05) is 7.11 Å². The molecule has 1 aliphatic rings. The number of rotatable bonds is 1. The van der Waals surface area contributed by atoms with Gasteiger partial charge in [0.15, 0.2) is 0 Å². The van der Waals surface area contributed by atoms with Crippen LogP contribution in [0.15, 0.2) is 11.8 Å². The smallest absolute Gasteiger partial charge is 0.135 e. The first kappa shape index (κ1) is 6.33. The van der Waals surface area contributed by atoms with Gasteiger partial charge in [-0.25, -0.2) is 0 Å². The van der Waals surface area contributed by atoms with Gasteiger partial charge >= 0.3 is 0 Å². The van der Waals surface area contributed by atoms with E-state index in [-0.39, 0.29) is 0 Å². The van der Waals surface area contributed by atoms with Gasteiger partial charge in [-0.05, 0) is 25.3 Å². The minimum absolute atomic E-state index is 0.642. The Morgan fingerprint density at radius 1 is 1.67 bits per heavy atom. The third-order valence-electron chi connectivity index (χ3n) is 1.48. The van der Waals surface area contributed by atoms with Gasteiger partial charge in [0, 0.05) is 0 Å². The minimum atomic E-state index is 0.642. The number of hydrogen-bond acceptors (Lipinski definition) is 2. The van der Waals surface area contributed by atoms with Crippen LogP contribution >= 0.6 is 0 Å². The van der Waals surface area contributed by atoms with Gasteiger partial charge in [0.2, 0.25) is 0 Å². The van der Waals surface area contributed by atoms with E-state index in [0.717, 1.165) is 25.0 Å². The summed E-state index contributed by atoms with van der Waals surface area (Å²) in [5.41, 5.74) is 0.642. The molecule has 1 aliphatic carbocycles. The van der Waals surface area contributed by atoms with E-state index in [9.17, 15) is 0 Å². The minimum Gasteiger partial charge on any atom is -0.495 e. The maximum Gasteiger partial charge on any atom is 0.135 e. The van der Waals surface area contributed by atoms with Crippen molar-refractivity contribution in [1.29, 1.82) is 5.41 Å². The van der Waals surface area contributed by atoms with Crippen molar-refractivity contribution in [3.63, 3.8) is 0 Å². The molecule has 0 aliphatic heterocycles. The third-order valence-corrected chi connectivity index (χ3v) is 1.48. The van der Waals surface area contributed by atoms with E-state index >= 15 is 0 Å². The van der Waals surface area contributed by atoms with E-state index in [1.807, 2.05) is 6.08 Å². The molecule has 1 rings (SSSR count). The van der Waals surface area contributed by atoms with Crippen LogP contribution in [0.5, 0.6) is 0 Å². The van der Waals surface area contributed by atoms with Crippen molar-refractivity contribution in [1.82, 2.24) is 0 Å². The molecule has 9 heavy (non-hydrogen) atoms. The molecule has 0 amide bonds. The lowest BCUT2D eigenvalue weighted by Gasteiger charge is -2.11. The Morgan fingerprint density at radius 3 is 2.89 bits per heavy atom. The predicted molar refractivity (Wildman–Crippen MR) is 36.7 cm³/mol. The monoisotopic (exact) mass is 125 g/mol. The predicted octanol–water partition coefficient (Wildman–Crippen LogP) is 1.72. The van der Waals surface area contributed by atoms with E-state index < -0.39 is 0 Å². The highest BCUT2D eigenvalue weighted by Gasteiger charge is 2.08. The summed E-state index contributed by atoms with van der Waals surface area (Å²) in [5, 5.41) is 7.35. The highest BCUT2D eigenvalue weighted by molar-refractivity contribution is 5.96. The summed E-state index contributed by atoms with van der Waals surface area (Å²) in [6.45, 7) is 0. The van der Waals surface area contributed by atoms with Crippen LogP contribution in [0, 0.1) is 5.41 Å². The molecule has 0 atom stereocenters. The molecule has 2 nitrogen and oxygen atoms in total. The van der Waals surface area contributed by atoms with Crippen LogP contribution in [-0.2, 0) is 4.74 Å². The molecule has 0 bridgehead atoms. The Morgan fingerprint density at radius 2 is 2.44 bits per heavy atom. The molecule has 50 valence electrons. The molecule has 0 radical (unpaired) electrons. The summed E-state index contributed by atoms with van der Waals surface area (Å²) < 4.78 is 4.94. The number of nitrogens with one attached hydrogen (secondary N) is 1. The molecule has 0 fully saturated rings. The molecule has 0 heterocycles. The Labute approximate surface area is 55.0 Å². The second-order valence-electron chi connectivity index (χ2n) is 2.14. The molecule has 0 saturated heterocycles. The first-order valence-corrected chi connectivity index (χ1v) is 3.16. The van der Waals surface area contributed by atoms with Gasteiger partial charge in [-0.15, -0.1) is 0 Å². The van der Waals surface area contributed by atoms with Gasteiger partial charge in [-0.1, -0.05) is 0 Å². The van der Waals surface area contributed by atoms with Crippen molar-refractivity contribution in [2.45, 2.75) is 19.3 Å². The fraction of sp³-hybridized carbons (Fsp3) is 0.571. The summed E-state index contributed by atoms with van der Waals surface area (Å²) in [4.78, 5) is 0. The summed E-state index contributed by atoms with van der Waals surface area (Å²) >= 11 is 0. The van der Waals surface area contributed by atoms with Crippen molar-refractivity contribution in [2.24, 2.45) is 0 Å². The van der Waals surface area contributed by atoms with E-state index in [1.54, 1.807) is 7.11 Å². The fourth-order valence-electron chi connectivity index (χ4n) is 0.965. The molecule has 1 N–H and O–H groups in total. The molecule has 0 saturated carbocycles. The van der Waals surface area contributed by atoms with E-state index in [0.29, 0.717) is 5.71 Å². The van der Waals surface area contributed by atoms with Crippen molar-refractivity contribution < 1.29 is 4.74 Å². The maximum absolute atomic E-state index is 7.35. The van der Waals surface area contributed by atoms with Gasteiger partial charge in [0.25, 0.3) is 0 Å². The normalized spacial score (nSPS) is 19.2. The lowest BCUT2D eigenvalue weighted by molar-refractivity contribution is 0.309. The summed E-state index contributed by atoms with van der Waals surface area (Å²) in [6, 6.07) is 0. The Kier molecular flexibility index (Phi) is 1.88. The molecule has 0 spiro atoms. The molecule has 0 aromatic heterocycles. The van der Waals surface area contributed by atoms with E-state index in [1.165, 1.54) is 0 Å². The quantitative estimate of drug-likeness (QED) is 0.568. The van der Waals surface area contributed by atoms with E-state index in [2.05, 4.69) is 0 Å². The third kappa shape index (κ3) is 1.31. The summed E-state index contributed by atoms with van der Waals surface area (Å²) in [5.74, 6) is 0.765. The van der Waals surface area contributed by atoms with Crippen LogP contribution in [-0.4, -0.2) is 12.8 Å². The van der Waals surface area contributed by atoms with Gasteiger partial charge in [0.05, 0.1) is 12.8 Å². The summed E-state index contributed by atoms with van der Waals surface area (Å²) in [7, 11) is 1.62. The molecule has 0 aromatic rings. The number of methoxy groups -OCH3 is 1. The SMILES string of the molecule is COC1=CCCCC1=N. The zero-order valence-electron chi connectivity index (χ0n) is 5.61. The lowest BCUT2D eigenvalue weighted by Crippen LogP contribution is -2.07. The van der Waals surface area contributed by atoms with Crippen molar-refractivity contribution in [3.8, 4) is 0 Å². The Bertz CT molecular complexity index is 149. The Hall–Kier alpha value is -0.790. The fourth-order valence-corrected chi connectivity index (χ4v) is 0.965. The van der Waals surface area contributed by atoms with E-state index in [4.69, 9.17) is 10.1 Å². The lowest BCUT2D eigenvalue weighted by atomic mass is 10.0. The number of allylic oxidation sites excluding steroid dienone is 2. The summed E-state index contributed by atoms with van der Waals surface area (Å²) in [6.07, 6.45) is 5.02. The van der Waals surface area contributed by atoms with Crippen LogP contribution < -0.4 is 0 Å².